The molecule has 2 saturated carbocycles. The van der Waals surface area contributed by atoms with E-state index in [4.69, 9.17) is 0 Å². The van der Waals surface area contributed by atoms with E-state index in [1.54, 1.807) is 12.1 Å². The van der Waals surface area contributed by atoms with Crippen LogP contribution in [0.25, 0.3) is 11.1 Å². The summed E-state index contributed by atoms with van der Waals surface area (Å²) in [5.74, 6) is -2.04. The molecule has 0 aromatic heterocycles. The number of benzene rings is 2. The molecule has 4 rings (SSSR count). The Morgan fingerprint density at radius 1 is 0.839 bits per heavy atom. The molecule has 0 heterocycles. The SMILES string of the molecule is C/C=C/CCC1CCC2CC(c3ccc(-c4ccc(F)c(F)c4F)cc3F)CCC2C1. The molecular formula is C27H30F4. The van der Waals surface area contributed by atoms with E-state index in [1.807, 2.05) is 0 Å². The van der Waals surface area contributed by atoms with Crippen molar-refractivity contribution in [2.75, 3.05) is 0 Å². The first kappa shape index (κ1) is 22.1. The van der Waals surface area contributed by atoms with Crippen LogP contribution in [-0.4, -0.2) is 0 Å². The summed E-state index contributed by atoms with van der Waals surface area (Å²) in [5.41, 5.74) is 0.776. The van der Waals surface area contributed by atoms with Gasteiger partial charge in [-0.05, 0) is 105 Å². The predicted octanol–water partition coefficient (Wildman–Crippen LogP) is 8.57. The minimum Gasteiger partial charge on any atom is -0.207 e. The Hall–Kier alpha value is -2.10. The first-order chi connectivity index (χ1) is 15.0. The van der Waals surface area contributed by atoms with Crippen LogP contribution < -0.4 is 0 Å². The van der Waals surface area contributed by atoms with Crippen LogP contribution >= 0.6 is 0 Å². The summed E-state index contributed by atoms with van der Waals surface area (Å²) in [5, 5.41) is 0. The molecule has 0 N–H and O–H groups in total. The van der Waals surface area contributed by atoms with Gasteiger partial charge in [0.2, 0.25) is 0 Å². The maximum atomic E-state index is 15.0. The van der Waals surface area contributed by atoms with Crippen molar-refractivity contribution in [3.05, 3.63) is 71.3 Å². The number of halogens is 4. The molecule has 2 aromatic rings. The second-order valence-corrected chi connectivity index (χ2v) is 9.31. The second kappa shape index (κ2) is 9.58. The molecule has 166 valence electrons. The van der Waals surface area contributed by atoms with Crippen LogP contribution in [-0.2, 0) is 0 Å². The lowest BCUT2D eigenvalue weighted by Gasteiger charge is -2.42. The third-order valence-electron chi connectivity index (χ3n) is 7.49. The lowest BCUT2D eigenvalue weighted by Crippen LogP contribution is -2.30. The molecule has 0 aliphatic heterocycles. The number of hydrogen-bond donors (Lipinski definition) is 0. The van der Waals surface area contributed by atoms with Crippen molar-refractivity contribution in [3.63, 3.8) is 0 Å². The number of fused-ring (bicyclic) bond motifs is 1. The normalized spacial score (nSPS) is 26.2. The average Bonchev–Trinajstić information content (AvgIpc) is 2.77. The Balaban J connectivity index is 1.44. The van der Waals surface area contributed by atoms with Crippen LogP contribution in [0.3, 0.4) is 0 Å². The van der Waals surface area contributed by atoms with Gasteiger partial charge in [-0.25, -0.2) is 17.6 Å². The molecule has 0 amide bonds. The Kier molecular flexibility index (Phi) is 6.83. The second-order valence-electron chi connectivity index (χ2n) is 9.31. The summed E-state index contributed by atoms with van der Waals surface area (Å²) in [6.07, 6.45) is 13.7. The topological polar surface area (TPSA) is 0 Å². The zero-order chi connectivity index (χ0) is 22.0. The van der Waals surface area contributed by atoms with Crippen LogP contribution in [0.2, 0.25) is 0 Å². The zero-order valence-corrected chi connectivity index (χ0v) is 18.0. The molecule has 0 bridgehead atoms. The molecule has 0 nitrogen and oxygen atoms in total. The van der Waals surface area contributed by atoms with Crippen LogP contribution in [0.1, 0.15) is 69.8 Å². The van der Waals surface area contributed by atoms with E-state index in [0.717, 1.165) is 49.7 Å². The predicted molar refractivity (Wildman–Crippen MR) is 117 cm³/mol. The fourth-order valence-electron chi connectivity index (χ4n) is 5.80. The van der Waals surface area contributed by atoms with Gasteiger partial charge in [0.15, 0.2) is 17.5 Å². The highest BCUT2D eigenvalue weighted by Gasteiger charge is 2.36. The molecule has 2 aromatic carbocycles. The maximum Gasteiger partial charge on any atom is 0.195 e. The fraction of sp³-hybridized carbons (Fsp3) is 0.481. The molecule has 31 heavy (non-hydrogen) atoms. The van der Waals surface area contributed by atoms with Crippen molar-refractivity contribution in [2.24, 2.45) is 17.8 Å². The fourth-order valence-corrected chi connectivity index (χ4v) is 5.80. The van der Waals surface area contributed by atoms with Gasteiger partial charge in [0.1, 0.15) is 5.82 Å². The van der Waals surface area contributed by atoms with Crippen LogP contribution in [0, 0.1) is 41.0 Å². The summed E-state index contributed by atoms with van der Waals surface area (Å²) in [6.45, 7) is 2.07. The highest BCUT2D eigenvalue weighted by atomic mass is 19.2. The smallest absolute Gasteiger partial charge is 0.195 e. The summed E-state index contributed by atoms with van der Waals surface area (Å²) in [7, 11) is 0. The van der Waals surface area contributed by atoms with Crippen molar-refractivity contribution < 1.29 is 17.6 Å². The van der Waals surface area contributed by atoms with E-state index in [0.29, 0.717) is 11.5 Å². The van der Waals surface area contributed by atoms with Gasteiger partial charge in [-0.3, -0.25) is 0 Å². The first-order valence-electron chi connectivity index (χ1n) is 11.5. The van der Waals surface area contributed by atoms with Gasteiger partial charge in [-0.1, -0.05) is 30.7 Å². The minimum atomic E-state index is -1.53. The molecule has 0 radical (unpaired) electrons. The maximum absolute atomic E-state index is 15.0. The zero-order valence-electron chi connectivity index (χ0n) is 18.0. The summed E-state index contributed by atoms with van der Waals surface area (Å²) < 4.78 is 55.9. The minimum absolute atomic E-state index is 0.121. The van der Waals surface area contributed by atoms with Crippen LogP contribution in [0.15, 0.2) is 42.5 Å². The third-order valence-corrected chi connectivity index (χ3v) is 7.49. The van der Waals surface area contributed by atoms with Crippen molar-refractivity contribution in [1.29, 1.82) is 0 Å². The molecule has 0 saturated heterocycles. The van der Waals surface area contributed by atoms with Crippen molar-refractivity contribution in [2.45, 2.75) is 64.2 Å². The quantitative estimate of drug-likeness (QED) is 0.253. The van der Waals surface area contributed by atoms with Crippen molar-refractivity contribution in [1.82, 2.24) is 0 Å². The van der Waals surface area contributed by atoms with Crippen molar-refractivity contribution in [3.8, 4) is 11.1 Å². The van der Waals surface area contributed by atoms with Crippen molar-refractivity contribution >= 4 is 0 Å². The number of allylic oxidation sites excluding steroid dienone is 2. The van der Waals surface area contributed by atoms with Gasteiger partial charge in [0.25, 0.3) is 0 Å². The highest BCUT2D eigenvalue weighted by Crippen LogP contribution is 2.49. The largest absolute Gasteiger partial charge is 0.207 e. The average molecular weight is 431 g/mol. The Morgan fingerprint density at radius 2 is 1.61 bits per heavy atom. The Labute approximate surface area is 182 Å². The first-order valence-corrected chi connectivity index (χ1v) is 11.5. The molecule has 4 heteroatoms. The molecule has 0 spiro atoms. The highest BCUT2D eigenvalue weighted by molar-refractivity contribution is 5.65. The van der Waals surface area contributed by atoms with E-state index >= 15 is 0 Å². The Morgan fingerprint density at radius 3 is 2.39 bits per heavy atom. The number of rotatable bonds is 5. The van der Waals surface area contributed by atoms with Crippen LogP contribution in [0.4, 0.5) is 17.6 Å². The van der Waals surface area contributed by atoms with E-state index in [9.17, 15) is 17.6 Å². The van der Waals surface area contributed by atoms with Gasteiger partial charge >= 0.3 is 0 Å². The monoisotopic (exact) mass is 430 g/mol. The molecule has 2 aliphatic carbocycles. The third kappa shape index (κ3) is 4.73. The van der Waals surface area contributed by atoms with E-state index in [2.05, 4.69) is 19.1 Å². The number of hydrogen-bond acceptors (Lipinski definition) is 0. The molecular weight excluding hydrogens is 400 g/mol. The Bertz CT molecular complexity index is 948. The van der Waals surface area contributed by atoms with Gasteiger partial charge < -0.3 is 0 Å². The van der Waals surface area contributed by atoms with Gasteiger partial charge in [-0.15, -0.1) is 0 Å². The standard InChI is InChI=1S/C27H30F4/c1-2-3-4-5-17-6-7-19-15-20(9-8-18(19)14-17)22-11-10-21(16-25(22)29)23-12-13-24(28)27(31)26(23)30/h2-3,10-13,16-20H,4-9,14-15H2,1H3/b3-2+. The van der Waals surface area contributed by atoms with E-state index in [-0.39, 0.29) is 22.9 Å². The van der Waals surface area contributed by atoms with E-state index in [1.165, 1.54) is 31.7 Å². The van der Waals surface area contributed by atoms with Gasteiger partial charge in [0.05, 0.1) is 0 Å². The van der Waals surface area contributed by atoms with Crippen LogP contribution in [0.5, 0.6) is 0 Å². The molecule has 2 aliphatic rings. The lowest BCUT2D eigenvalue weighted by molar-refractivity contribution is 0.114. The molecule has 4 unspecified atom stereocenters. The summed E-state index contributed by atoms with van der Waals surface area (Å²) in [4.78, 5) is 0. The lowest BCUT2D eigenvalue weighted by atomic mass is 9.63. The molecule has 4 atom stereocenters. The van der Waals surface area contributed by atoms with E-state index < -0.39 is 17.5 Å². The summed E-state index contributed by atoms with van der Waals surface area (Å²) in [6, 6.07) is 6.62. The molecule has 2 fully saturated rings. The van der Waals surface area contributed by atoms with Gasteiger partial charge in [-0.2, -0.15) is 0 Å². The summed E-state index contributed by atoms with van der Waals surface area (Å²) >= 11 is 0. The van der Waals surface area contributed by atoms with Gasteiger partial charge in [0, 0.05) is 5.56 Å².